The number of hydrogen-bond donors (Lipinski definition) is 2. The summed E-state index contributed by atoms with van der Waals surface area (Å²) in [4.78, 5) is 24.7. The standard InChI is InChI=1S/C15H18O7/c1-7-3-4-13-11(2)6-20-9(16)14(11,18)8-5-12(7,13)15(19,21-8)10(17)22-13/h7-8,18-19H,3-6H2,1-2H3. The van der Waals surface area contributed by atoms with Gasteiger partial charge in [0.05, 0.1) is 10.8 Å². The topological polar surface area (TPSA) is 102 Å². The summed E-state index contributed by atoms with van der Waals surface area (Å²) >= 11 is 0. The molecule has 0 aromatic heterocycles. The molecule has 3 aliphatic heterocycles. The molecule has 5 fully saturated rings. The van der Waals surface area contributed by atoms with Gasteiger partial charge in [0.1, 0.15) is 18.3 Å². The minimum absolute atomic E-state index is 0.0222. The highest BCUT2D eigenvalue weighted by Crippen LogP contribution is 2.79. The fraction of sp³-hybridized carbons (Fsp3) is 0.867. The second kappa shape index (κ2) is 3.07. The van der Waals surface area contributed by atoms with Crippen LogP contribution in [-0.4, -0.2) is 51.9 Å². The van der Waals surface area contributed by atoms with E-state index in [0.717, 1.165) is 6.42 Å². The third-order valence-electron chi connectivity index (χ3n) is 7.46. The molecule has 2 bridgehead atoms. The number of ether oxygens (including phenoxy) is 3. The zero-order valence-corrected chi connectivity index (χ0v) is 12.4. The number of carbonyl (C=O) groups is 2. The van der Waals surface area contributed by atoms with Crippen molar-refractivity contribution in [2.75, 3.05) is 6.61 Å². The van der Waals surface area contributed by atoms with Crippen LogP contribution in [0.3, 0.4) is 0 Å². The van der Waals surface area contributed by atoms with Gasteiger partial charge in [0, 0.05) is 0 Å². The van der Waals surface area contributed by atoms with E-state index in [1.807, 2.05) is 6.92 Å². The molecule has 0 amide bonds. The summed E-state index contributed by atoms with van der Waals surface area (Å²) in [5, 5.41) is 22.2. The van der Waals surface area contributed by atoms with Crippen LogP contribution in [-0.2, 0) is 23.8 Å². The number of fused-ring (bicyclic) bond motifs is 3. The Labute approximate surface area is 126 Å². The summed E-state index contributed by atoms with van der Waals surface area (Å²) in [6.07, 6.45) is 0.468. The van der Waals surface area contributed by atoms with Crippen molar-refractivity contribution < 1.29 is 34.0 Å². The van der Waals surface area contributed by atoms with Crippen molar-refractivity contribution in [3.63, 3.8) is 0 Å². The highest BCUT2D eigenvalue weighted by molar-refractivity contribution is 5.89. The van der Waals surface area contributed by atoms with Gasteiger partial charge >= 0.3 is 11.9 Å². The largest absolute Gasteiger partial charge is 0.463 e. The van der Waals surface area contributed by atoms with Gasteiger partial charge in [-0.1, -0.05) is 6.92 Å². The monoisotopic (exact) mass is 310 g/mol. The molecular formula is C15H18O7. The summed E-state index contributed by atoms with van der Waals surface area (Å²) in [6, 6.07) is 0. The van der Waals surface area contributed by atoms with E-state index in [1.54, 1.807) is 6.92 Å². The van der Waals surface area contributed by atoms with Gasteiger partial charge in [0.2, 0.25) is 5.60 Å². The summed E-state index contributed by atoms with van der Waals surface area (Å²) in [6.45, 7) is 3.64. The molecule has 2 aliphatic carbocycles. The first-order valence-corrected chi connectivity index (χ1v) is 7.73. The average molecular weight is 310 g/mol. The fourth-order valence-electron chi connectivity index (χ4n) is 6.32. The van der Waals surface area contributed by atoms with Crippen molar-refractivity contribution in [1.29, 1.82) is 0 Å². The molecule has 3 saturated heterocycles. The van der Waals surface area contributed by atoms with E-state index in [9.17, 15) is 19.8 Å². The predicted octanol–water partition coefficient (Wildman–Crippen LogP) is -0.516. The Kier molecular flexibility index (Phi) is 1.85. The summed E-state index contributed by atoms with van der Waals surface area (Å²) in [5.41, 5.74) is -5.09. The minimum Gasteiger partial charge on any atom is -0.463 e. The zero-order valence-electron chi connectivity index (χ0n) is 12.4. The van der Waals surface area contributed by atoms with Crippen LogP contribution in [0.25, 0.3) is 0 Å². The van der Waals surface area contributed by atoms with Gasteiger partial charge in [-0.25, -0.2) is 9.59 Å². The maximum Gasteiger partial charge on any atom is 0.368 e. The molecule has 1 spiro atoms. The van der Waals surface area contributed by atoms with Crippen LogP contribution in [0.2, 0.25) is 0 Å². The van der Waals surface area contributed by atoms with Gasteiger partial charge in [-0.3, -0.25) is 0 Å². The van der Waals surface area contributed by atoms with Crippen molar-refractivity contribution >= 4 is 11.9 Å². The molecule has 2 N–H and O–H groups in total. The molecule has 2 saturated carbocycles. The van der Waals surface area contributed by atoms with Crippen molar-refractivity contribution in [1.82, 2.24) is 0 Å². The third-order valence-corrected chi connectivity index (χ3v) is 7.46. The van der Waals surface area contributed by atoms with Crippen LogP contribution in [0.1, 0.15) is 33.1 Å². The molecule has 120 valence electrons. The minimum atomic E-state index is -2.09. The fourth-order valence-corrected chi connectivity index (χ4v) is 6.32. The Morgan fingerprint density at radius 1 is 1.23 bits per heavy atom. The number of cyclic esters (lactones) is 1. The maximum absolute atomic E-state index is 12.4. The van der Waals surface area contributed by atoms with Gasteiger partial charge in [0.25, 0.3) is 5.79 Å². The van der Waals surface area contributed by atoms with Gasteiger partial charge < -0.3 is 24.4 Å². The first-order chi connectivity index (χ1) is 10.2. The molecule has 0 aromatic carbocycles. The lowest BCUT2D eigenvalue weighted by Crippen LogP contribution is -2.72. The van der Waals surface area contributed by atoms with Gasteiger partial charge in [-0.2, -0.15) is 0 Å². The second-order valence-corrected chi connectivity index (χ2v) is 7.76. The van der Waals surface area contributed by atoms with Crippen LogP contribution < -0.4 is 0 Å². The SMILES string of the molecule is CC1CCC23OC(=O)C4(O)OC(CC142)C1(O)C(=O)OCC13C. The van der Waals surface area contributed by atoms with Gasteiger partial charge in [-0.05, 0) is 32.1 Å². The van der Waals surface area contributed by atoms with E-state index in [2.05, 4.69) is 0 Å². The molecule has 7 atom stereocenters. The average Bonchev–Trinajstić information content (AvgIpc) is 3.07. The lowest BCUT2D eigenvalue weighted by atomic mass is 9.47. The van der Waals surface area contributed by atoms with E-state index in [0.29, 0.717) is 6.42 Å². The second-order valence-electron chi connectivity index (χ2n) is 7.76. The van der Waals surface area contributed by atoms with E-state index in [4.69, 9.17) is 14.2 Å². The first kappa shape index (κ1) is 13.3. The third kappa shape index (κ3) is 0.811. The lowest BCUT2D eigenvalue weighted by Gasteiger charge is -2.56. The highest BCUT2D eigenvalue weighted by Gasteiger charge is 2.95. The predicted molar refractivity (Wildman–Crippen MR) is 68.1 cm³/mol. The first-order valence-electron chi connectivity index (χ1n) is 7.73. The van der Waals surface area contributed by atoms with Gasteiger partial charge in [0.15, 0.2) is 0 Å². The summed E-state index contributed by atoms with van der Waals surface area (Å²) < 4.78 is 16.5. The number of esters is 2. The number of rotatable bonds is 0. The molecule has 0 radical (unpaired) electrons. The van der Waals surface area contributed by atoms with Crippen LogP contribution >= 0.6 is 0 Å². The molecule has 7 unspecified atom stereocenters. The zero-order chi connectivity index (χ0) is 15.8. The van der Waals surface area contributed by atoms with Crippen molar-refractivity contribution in [3.8, 4) is 0 Å². The normalized spacial score (nSPS) is 64.4. The Balaban J connectivity index is 1.88. The number of carbonyl (C=O) groups excluding carboxylic acids is 2. The number of hydrogen-bond acceptors (Lipinski definition) is 7. The van der Waals surface area contributed by atoms with Crippen molar-refractivity contribution in [3.05, 3.63) is 0 Å². The van der Waals surface area contributed by atoms with Gasteiger partial charge in [-0.15, -0.1) is 0 Å². The Morgan fingerprint density at radius 3 is 2.68 bits per heavy atom. The van der Waals surface area contributed by atoms with Crippen LogP contribution in [0.15, 0.2) is 0 Å². The Morgan fingerprint density at radius 2 is 1.95 bits per heavy atom. The molecule has 7 heteroatoms. The molecule has 5 rings (SSSR count). The molecule has 7 nitrogen and oxygen atoms in total. The summed E-state index contributed by atoms with van der Waals surface area (Å²) in [5.74, 6) is -3.67. The highest BCUT2D eigenvalue weighted by atomic mass is 16.7. The molecule has 5 aliphatic rings. The van der Waals surface area contributed by atoms with E-state index in [1.165, 1.54) is 0 Å². The van der Waals surface area contributed by atoms with Crippen molar-refractivity contribution in [2.24, 2.45) is 16.7 Å². The quantitative estimate of drug-likeness (QED) is 0.581. The van der Waals surface area contributed by atoms with Crippen LogP contribution in [0.5, 0.6) is 0 Å². The molecule has 3 heterocycles. The molecular weight excluding hydrogens is 292 g/mol. The van der Waals surface area contributed by atoms with Crippen molar-refractivity contribution in [2.45, 2.75) is 56.2 Å². The van der Waals surface area contributed by atoms with E-state index in [-0.39, 0.29) is 18.9 Å². The maximum atomic E-state index is 12.4. The van der Waals surface area contributed by atoms with Crippen LogP contribution in [0.4, 0.5) is 0 Å². The lowest BCUT2D eigenvalue weighted by molar-refractivity contribution is -0.257. The van der Waals surface area contributed by atoms with E-state index < -0.39 is 45.9 Å². The summed E-state index contributed by atoms with van der Waals surface area (Å²) in [7, 11) is 0. The smallest absolute Gasteiger partial charge is 0.368 e. The number of aliphatic hydroxyl groups is 2. The van der Waals surface area contributed by atoms with Crippen LogP contribution in [0, 0.1) is 16.7 Å². The Bertz CT molecular complexity index is 648. The Hall–Kier alpha value is -1.18. The molecule has 22 heavy (non-hydrogen) atoms. The van der Waals surface area contributed by atoms with E-state index >= 15 is 0 Å². The molecule has 0 aromatic rings.